The van der Waals surface area contributed by atoms with E-state index in [9.17, 15) is 9.90 Å². The van der Waals surface area contributed by atoms with Gasteiger partial charge >= 0.3 is 0 Å². The molecule has 0 radical (unpaired) electrons. The topological polar surface area (TPSA) is 83.3 Å². The number of aromatic nitrogens is 3. The number of benzene rings is 1. The maximum absolute atomic E-state index is 12.5. The van der Waals surface area contributed by atoms with Gasteiger partial charge < -0.3 is 15.0 Å². The second-order valence-electron chi connectivity index (χ2n) is 8.27. The summed E-state index contributed by atoms with van der Waals surface area (Å²) in [6, 6.07) is 10.7. The third-order valence-electron chi connectivity index (χ3n) is 6.09. The van der Waals surface area contributed by atoms with Crippen LogP contribution in [0.3, 0.4) is 0 Å². The number of fused-ring (bicyclic) bond motifs is 1. The molecule has 2 N–H and O–H groups in total. The van der Waals surface area contributed by atoms with Crippen LogP contribution < -0.4 is 5.32 Å². The van der Waals surface area contributed by atoms with Crippen molar-refractivity contribution in [1.29, 1.82) is 0 Å². The summed E-state index contributed by atoms with van der Waals surface area (Å²) >= 11 is 0. The fraction of sp³-hybridized carbons (Fsp3) is 0.591. The Balaban J connectivity index is 1.27. The number of aliphatic hydroxyl groups is 1. The van der Waals surface area contributed by atoms with Crippen LogP contribution in [0.15, 0.2) is 30.3 Å². The maximum atomic E-state index is 12.5. The van der Waals surface area contributed by atoms with Crippen molar-refractivity contribution in [2.75, 3.05) is 19.6 Å². The first-order valence-corrected chi connectivity index (χ1v) is 10.8. The van der Waals surface area contributed by atoms with Crippen molar-refractivity contribution in [1.82, 2.24) is 25.0 Å². The second kappa shape index (κ2) is 9.50. The van der Waals surface area contributed by atoms with Crippen LogP contribution in [-0.2, 0) is 30.6 Å². The zero-order chi connectivity index (χ0) is 20.1. The van der Waals surface area contributed by atoms with E-state index in [1.807, 2.05) is 6.07 Å². The van der Waals surface area contributed by atoms with Gasteiger partial charge in [0.05, 0.1) is 12.6 Å². The number of piperidine rings is 1. The minimum atomic E-state index is -0.205. The average molecular weight is 398 g/mol. The Hall–Kier alpha value is -2.25. The van der Waals surface area contributed by atoms with E-state index in [1.165, 1.54) is 5.56 Å². The Bertz CT molecular complexity index is 799. The van der Waals surface area contributed by atoms with Gasteiger partial charge in [-0.15, -0.1) is 10.2 Å². The minimum absolute atomic E-state index is 0.0911. The van der Waals surface area contributed by atoms with E-state index >= 15 is 0 Å². The molecule has 2 aromatic rings. The lowest BCUT2D eigenvalue weighted by atomic mass is 10.1. The van der Waals surface area contributed by atoms with Gasteiger partial charge in [-0.25, -0.2) is 0 Å². The lowest BCUT2D eigenvalue weighted by molar-refractivity contribution is -0.123. The van der Waals surface area contributed by atoms with Crippen LogP contribution in [0.4, 0.5) is 0 Å². The number of aryl methyl sites for hydroxylation is 3. The summed E-state index contributed by atoms with van der Waals surface area (Å²) in [5, 5.41) is 21.7. The van der Waals surface area contributed by atoms with Gasteiger partial charge in [0, 0.05) is 38.5 Å². The number of hydrogen-bond donors (Lipinski definition) is 2. The molecule has 0 spiro atoms. The van der Waals surface area contributed by atoms with Crippen LogP contribution in [0.1, 0.15) is 42.9 Å². The normalized spacial score (nSPS) is 20.8. The number of hydrogen-bond acceptors (Lipinski definition) is 5. The quantitative estimate of drug-likeness (QED) is 0.769. The smallest absolute Gasteiger partial charge is 0.234 e. The van der Waals surface area contributed by atoms with E-state index in [-0.39, 0.29) is 18.1 Å². The van der Waals surface area contributed by atoms with Crippen molar-refractivity contribution >= 4 is 5.91 Å². The molecule has 1 amide bonds. The molecule has 4 rings (SSSR count). The number of nitrogens with zero attached hydrogens (tertiary/aromatic N) is 4. The van der Waals surface area contributed by atoms with Crippen LogP contribution in [-0.4, -0.2) is 62.5 Å². The molecule has 2 aliphatic rings. The Morgan fingerprint density at radius 2 is 1.83 bits per heavy atom. The molecule has 1 atom stereocenters. The summed E-state index contributed by atoms with van der Waals surface area (Å²) in [6.07, 6.45) is 5.82. The molecule has 1 saturated heterocycles. The summed E-state index contributed by atoms with van der Waals surface area (Å²) in [4.78, 5) is 14.6. The SMILES string of the molecule is O=C(CN1CCC(O)CC1)NC1CCc2nnc(CCc3ccccc3)n2CC1. The van der Waals surface area contributed by atoms with E-state index < -0.39 is 0 Å². The Labute approximate surface area is 172 Å². The van der Waals surface area contributed by atoms with Gasteiger partial charge in [-0.2, -0.15) is 0 Å². The summed E-state index contributed by atoms with van der Waals surface area (Å²) in [7, 11) is 0. The van der Waals surface area contributed by atoms with Gasteiger partial charge in [0.1, 0.15) is 11.6 Å². The fourth-order valence-electron chi connectivity index (χ4n) is 4.33. The lowest BCUT2D eigenvalue weighted by Gasteiger charge is -2.29. The Morgan fingerprint density at radius 3 is 2.62 bits per heavy atom. The van der Waals surface area contributed by atoms with Gasteiger partial charge in [-0.05, 0) is 37.7 Å². The number of carbonyl (C=O) groups is 1. The van der Waals surface area contributed by atoms with Gasteiger partial charge in [-0.3, -0.25) is 9.69 Å². The van der Waals surface area contributed by atoms with Gasteiger partial charge in [-0.1, -0.05) is 30.3 Å². The van der Waals surface area contributed by atoms with Crippen molar-refractivity contribution in [2.24, 2.45) is 0 Å². The highest BCUT2D eigenvalue weighted by Crippen LogP contribution is 2.17. The van der Waals surface area contributed by atoms with E-state index in [1.54, 1.807) is 0 Å². The number of aliphatic hydroxyl groups excluding tert-OH is 1. The molecule has 156 valence electrons. The lowest BCUT2D eigenvalue weighted by Crippen LogP contribution is -2.45. The number of amides is 1. The Kier molecular flexibility index (Phi) is 6.56. The van der Waals surface area contributed by atoms with Crippen molar-refractivity contribution in [3.63, 3.8) is 0 Å². The van der Waals surface area contributed by atoms with E-state index in [0.717, 1.165) is 76.2 Å². The monoisotopic (exact) mass is 397 g/mol. The molecule has 0 bridgehead atoms. The van der Waals surface area contributed by atoms with Gasteiger partial charge in [0.2, 0.25) is 5.91 Å². The highest BCUT2D eigenvalue weighted by molar-refractivity contribution is 5.78. The molecule has 7 heteroatoms. The van der Waals surface area contributed by atoms with E-state index in [2.05, 4.69) is 49.2 Å². The minimum Gasteiger partial charge on any atom is -0.393 e. The molecule has 1 unspecified atom stereocenters. The second-order valence-corrected chi connectivity index (χ2v) is 8.27. The van der Waals surface area contributed by atoms with Crippen LogP contribution in [0.5, 0.6) is 0 Å². The van der Waals surface area contributed by atoms with Crippen LogP contribution in [0, 0.1) is 0 Å². The molecule has 0 saturated carbocycles. The average Bonchev–Trinajstić information content (AvgIpc) is 3.01. The zero-order valence-electron chi connectivity index (χ0n) is 17.0. The number of likely N-dealkylation sites (tertiary alicyclic amines) is 1. The molecule has 0 aliphatic carbocycles. The third-order valence-corrected chi connectivity index (χ3v) is 6.09. The molecule has 1 fully saturated rings. The molecule has 3 heterocycles. The van der Waals surface area contributed by atoms with Crippen molar-refractivity contribution in [3.8, 4) is 0 Å². The molecular weight excluding hydrogens is 366 g/mol. The zero-order valence-corrected chi connectivity index (χ0v) is 17.0. The predicted octanol–water partition coefficient (Wildman–Crippen LogP) is 1.34. The van der Waals surface area contributed by atoms with Crippen molar-refractivity contribution < 1.29 is 9.90 Å². The predicted molar refractivity (Wildman–Crippen MR) is 110 cm³/mol. The molecule has 1 aromatic heterocycles. The van der Waals surface area contributed by atoms with Crippen molar-refractivity contribution in [3.05, 3.63) is 47.5 Å². The summed E-state index contributed by atoms with van der Waals surface area (Å²) in [5.74, 6) is 2.17. The molecule has 7 nitrogen and oxygen atoms in total. The first-order chi connectivity index (χ1) is 14.2. The van der Waals surface area contributed by atoms with Crippen LogP contribution >= 0.6 is 0 Å². The standard InChI is InChI=1S/C22H31N5O2/c28-19-11-13-26(14-12-19)16-22(29)23-18-7-9-21-25-24-20(27(21)15-10-18)8-6-17-4-2-1-3-5-17/h1-5,18-19,28H,6-16H2,(H,23,29). The number of rotatable bonds is 6. The van der Waals surface area contributed by atoms with Crippen LogP contribution in [0.25, 0.3) is 0 Å². The fourth-order valence-corrected chi connectivity index (χ4v) is 4.33. The summed E-state index contributed by atoms with van der Waals surface area (Å²) in [5.41, 5.74) is 1.31. The molecule has 2 aliphatic heterocycles. The van der Waals surface area contributed by atoms with Gasteiger partial charge in [0.25, 0.3) is 0 Å². The van der Waals surface area contributed by atoms with Gasteiger partial charge in [0.15, 0.2) is 0 Å². The maximum Gasteiger partial charge on any atom is 0.234 e. The van der Waals surface area contributed by atoms with Crippen molar-refractivity contribution in [2.45, 2.75) is 63.6 Å². The highest BCUT2D eigenvalue weighted by Gasteiger charge is 2.23. The Morgan fingerprint density at radius 1 is 1.03 bits per heavy atom. The summed E-state index contributed by atoms with van der Waals surface area (Å²) in [6.45, 7) is 2.88. The third kappa shape index (κ3) is 5.42. The first-order valence-electron chi connectivity index (χ1n) is 10.8. The molecule has 29 heavy (non-hydrogen) atoms. The summed E-state index contributed by atoms with van der Waals surface area (Å²) < 4.78 is 2.25. The van der Waals surface area contributed by atoms with E-state index in [4.69, 9.17) is 0 Å². The van der Waals surface area contributed by atoms with E-state index in [0.29, 0.717) is 6.54 Å². The first kappa shape index (κ1) is 20.0. The number of nitrogens with one attached hydrogen (secondary N) is 1. The largest absolute Gasteiger partial charge is 0.393 e. The molecule has 1 aromatic carbocycles. The van der Waals surface area contributed by atoms with Crippen LogP contribution in [0.2, 0.25) is 0 Å². The molecular formula is C22H31N5O2. The number of carbonyl (C=O) groups excluding carboxylic acids is 1. The highest BCUT2D eigenvalue weighted by atomic mass is 16.3.